The second-order valence-electron chi connectivity index (χ2n) is 11.5. The number of nitrogens with one attached hydrogen (secondary N) is 2. The van der Waals surface area contributed by atoms with E-state index in [0.29, 0.717) is 11.4 Å². The molecule has 2 aromatic rings. The van der Waals surface area contributed by atoms with Crippen molar-refractivity contribution in [1.82, 2.24) is 25.0 Å². The second kappa shape index (κ2) is 10.9. The van der Waals surface area contributed by atoms with Gasteiger partial charge in [0.25, 0.3) is 0 Å². The molecule has 216 valence electrons. The Labute approximate surface area is 223 Å². The number of nitrogens with zero attached hydrogens (tertiary/aromatic N) is 3. The summed E-state index contributed by atoms with van der Waals surface area (Å²) in [4.78, 5) is 34.0. The molecule has 0 unspecified atom stereocenters. The second-order valence-corrected chi connectivity index (χ2v) is 11.5. The predicted octanol–water partition coefficient (Wildman–Crippen LogP) is 6.03. The van der Waals surface area contributed by atoms with Crippen molar-refractivity contribution >= 4 is 17.8 Å². The molecule has 0 bridgehead atoms. The van der Waals surface area contributed by atoms with Crippen LogP contribution in [0.15, 0.2) is 18.5 Å². The molecule has 2 amide bonds. The lowest BCUT2D eigenvalue weighted by Gasteiger charge is -2.33. The van der Waals surface area contributed by atoms with Gasteiger partial charge in [0.05, 0.1) is 29.9 Å². The molecule has 2 N–H and O–H groups in total. The molecule has 0 radical (unpaired) electrons. The molecule has 2 saturated carbocycles. The molecule has 2 atom stereocenters. The maximum Gasteiger partial charge on any atom is 0.408 e. The highest BCUT2D eigenvalue weighted by Crippen LogP contribution is 2.42. The van der Waals surface area contributed by atoms with Crippen LogP contribution in [-0.2, 0) is 9.53 Å². The number of halogens is 5. The summed E-state index contributed by atoms with van der Waals surface area (Å²) < 4.78 is 72.4. The minimum atomic E-state index is -4.42. The van der Waals surface area contributed by atoms with Crippen molar-refractivity contribution in [3.05, 3.63) is 29.8 Å². The van der Waals surface area contributed by atoms with Crippen molar-refractivity contribution < 1.29 is 36.3 Å². The van der Waals surface area contributed by atoms with Crippen LogP contribution in [0.25, 0.3) is 5.78 Å². The maximum atomic E-state index is 13.9. The van der Waals surface area contributed by atoms with Crippen LogP contribution >= 0.6 is 0 Å². The topological polar surface area (TPSA) is 97.6 Å². The fraction of sp³-hybridized carbons (Fsp3) is 0.692. The van der Waals surface area contributed by atoms with Gasteiger partial charge in [-0.15, -0.1) is 0 Å². The van der Waals surface area contributed by atoms with E-state index < -0.39 is 54.6 Å². The average molecular weight is 560 g/mol. The van der Waals surface area contributed by atoms with E-state index in [9.17, 15) is 31.5 Å². The SMILES string of the molecule is CC(C)(C)OC(=O)N[C@H](c1cn2ccc([C@@H](NC(=O)CCC(F)(F)F)C3CC3)nc2n1)C1CCC(F)(F)CC1. The summed E-state index contributed by atoms with van der Waals surface area (Å²) in [7, 11) is 0. The number of carbonyl (C=O) groups is 2. The first-order valence-corrected chi connectivity index (χ1v) is 13.2. The molecule has 0 aliphatic heterocycles. The van der Waals surface area contributed by atoms with E-state index in [4.69, 9.17) is 4.74 Å². The Kier molecular flexibility index (Phi) is 8.09. The fourth-order valence-corrected chi connectivity index (χ4v) is 4.85. The number of hydrogen-bond donors (Lipinski definition) is 2. The van der Waals surface area contributed by atoms with Gasteiger partial charge in [-0.25, -0.2) is 23.5 Å². The van der Waals surface area contributed by atoms with Gasteiger partial charge in [-0.3, -0.25) is 9.20 Å². The molecule has 0 saturated heterocycles. The molecule has 2 aliphatic carbocycles. The summed E-state index contributed by atoms with van der Waals surface area (Å²) >= 11 is 0. The van der Waals surface area contributed by atoms with Crippen molar-refractivity contribution in [2.24, 2.45) is 11.8 Å². The zero-order valence-corrected chi connectivity index (χ0v) is 22.2. The molecule has 2 aliphatic rings. The van der Waals surface area contributed by atoms with Crippen LogP contribution in [0.1, 0.15) is 95.6 Å². The minimum absolute atomic E-state index is 0.0645. The van der Waals surface area contributed by atoms with E-state index >= 15 is 0 Å². The van der Waals surface area contributed by atoms with E-state index in [1.807, 2.05) is 0 Å². The van der Waals surface area contributed by atoms with Gasteiger partial charge in [-0.05, 0) is 64.4 Å². The third kappa shape index (κ3) is 8.25. The highest BCUT2D eigenvalue weighted by atomic mass is 19.4. The average Bonchev–Trinajstić information content (AvgIpc) is 3.56. The number of aromatic nitrogens is 3. The Morgan fingerprint density at radius 3 is 2.21 bits per heavy atom. The Morgan fingerprint density at radius 1 is 1.03 bits per heavy atom. The van der Waals surface area contributed by atoms with Crippen molar-refractivity contribution in [3.63, 3.8) is 0 Å². The summed E-state index contributed by atoms with van der Waals surface area (Å²) in [6.07, 6.45) is -2.24. The van der Waals surface area contributed by atoms with Gasteiger partial charge in [0, 0.05) is 31.7 Å². The standard InChI is InChI=1S/C26H34F5N5O3/c1-24(2,3)39-23(38)35-21(16-6-10-25(27,28)11-7-16)18-14-36-13-9-17(32-22(36)33-18)20(15-4-5-15)34-19(37)8-12-26(29,30)31/h9,13-16,20-21H,4-8,10-12H2,1-3H3,(H,34,37)(H,35,38)/t20-,21-/m0/s1. The van der Waals surface area contributed by atoms with Crippen LogP contribution < -0.4 is 10.6 Å². The first kappa shape index (κ1) is 29.0. The molecular formula is C26H34F5N5O3. The van der Waals surface area contributed by atoms with Gasteiger partial charge in [-0.1, -0.05) is 0 Å². The summed E-state index contributed by atoms with van der Waals surface area (Å²) in [5.41, 5.74) is 0.140. The van der Waals surface area contributed by atoms with Crippen LogP contribution in [0.3, 0.4) is 0 Å². The Balaban J connectivity index is 1.56. The smallest absolute Gasteiger partial charge is 0.408 e. The van der Waals surface area contributed by atoms with Crippen molar-refractivity contribution in [2.75, 3.05) is 0 Å². The van der Waals surface area contributed by atoms with Crippen molar-refractivity contribution in [2.45, 2.75) is 102 Å². The van der Waals surface area contributed by atoms with E-state index in [-0.39, 0.29) is 43.3 Å². The largest absolute Gasteiger partial charge is 0.444 e. The summed E-state index contributed by atoms with van der Waals surface area (Å²) in [6, 6.07) is 0.428. The number of alkyl halides is 5. The van der Waals surface area contributed by atoms with Gasteiger partial charge in [-0.2, -0.15) is 13.2 Å². The number of alkyl carbamates (subject to hydrolysis) is 1. The number of imidazole rings is 1. The number of amides is 2. The van der Waals surface area contributed by atoms with Crippen LogP contribution in [0, 0.1) is 11.8 Å². The van der Waals surface area contributed by atoms with Crippen LogP contribution in [0.5, 0.6) is 0 Å². The number of rotatable bonds is 8. The lowest BCUT2D eigenvalue weighted by molar-refractivity contribution is -0.144. The monoisotopic (exact) mass is 559 g/mol. The van der Waals surface area contributed by atoms with Gasteiger partial charge >= 0.3 is 12.3 Å². The van der Waals surface area contributed by atoms with Crippen molar-refractivity contribution in [3.8, 4) is 0 Å². The molecule has 2 heterocycles. The van der Waals surface area contributed by atoms with Gasteiger partial charge < -0.3 is 15.4 Å². The highest BCUT2D eigenvalue weighted by Gasteiger charge is 2.40. The first-order chi connectivity index (χ1) is 18.1. The lowest BCUT2D eigenvalue weighted by atomic mass is 9.81. The molecule has 2 aromatic heterocycles. The molecule has 13 heteroatoms. The normalized spacial score (nSPS) is 19.9. The van der Waals surface area contributed by atoms with E-state index in [1.165, 1.54) is 0 Å². The Morgan fingerprint density at radius 2 is 1.62 bits per heavy atom. The molecular weight excluding hydrogens is 525 g/mol. The van der Waals surface area contributed by atoms with Crippen LogP contribution in [0.4, 0.5) is 26.7 Å². The number of fused-ring (bicyclic) bond motifs is 1. The van der Waals surface area contributed by atoms with Crippen molar-refractivity contribution in [1.29, 1.82) is 0 Å². The molecule has 2 fully saturated rings. The molecule has 0 aromatic carbocycles. The Bertz CT molecular complexity index is 1180. The Hall–Kier alpha value is -2.99. The predicted molar refractivity (Wildman–Crippen MR) is 131 cm³/mol. The maximum absolute atomic E-state index is 13.9. The van der Waals surface area contributed by atoms with Gasteiger partial charge in [0.1, 0.15) is 5.60 Å². The summed E-state index contributed by atoms with van der Waals surface area (Å²) in [6.45, 7) is 5.16. The molecule has 39 heavy (non-hydrogen) atoms. The van der Waals surface area contributed by atoms with E-state index in [1.54, 1.807) is 43.6 Å². The highest BCUT2D eigenvalue weighted by molar-refractivity contribution is 5.76. The third-order valence-corrected chi connectivity index (χ3v) is 6.95. The minimum Gasteiger partial charge on any atom is -0.444 e. The zero-order chi connectivity index (χ0) is 28.6. The summed E-state index contributed by atoms with van der Waals surface area (Å²) in [5, 5.41) is 5.49. The third-order valence-electron chi connectivity index (χ3n) is 6.95. The van der Waals surface area contributed by atoms with Crippen LogP contribution in [0.2, 0.25) is 0 Å². The molecule has 0 spiro atoms. The molecule has 4 rings (SSSR count). The number of ether oxygens (including phenoxy) is 1. The van der Waals surface area contributed by atoms with Gasteiger partial charge in [0.15, 0.2) is 0 Å². The number of hydrogen-bond acceptors (Lipinski definition) is 5. The van der Waals surface area contributed by atoms with E-state index in [0.717, 1.165) is 12.8 Å². The van der Waals surface area contributed by atoms with Gasteiger partial charge in [0.2, 0.25) is 17.6 Å². The van der Waals surface area contributed by atoms with E-state index in [2.05, 4.69) is 20.6 Å². The number of carbonyl (C=O) groups excluding carboxylic acids is 2. The van der Waals surface area contributed by atoms with Crippen LogP contribution in [-0.4, -0.2) is 44.1 Å². The summed E-state index contributed by atoms with van der Waals surface area (Å²) in [5.74, 6) is -3.42. The quantitative estimate of drug-likeness (QED) is 0.385. The molecule has 8 nitrogen and oxygen atoms in total. The lowest BCUT2D eigenvalue weighted by Crippen LogP contribution is -2.40. The zero-order valence-electron chi connectivity index (χ0n) is 22.2. The fourth-order valence-electron chi connectivity index (χ4n) is 4.85. The first-order valence-electron chi connectivity index (χ1n) is 13.2.